The Balaban J connectivity index is 2.20. The van der Waals surface area contributed by atoms with Crippen LogP contribution in [0.3, 0.4) is 0 Å². The summed E-state index contributed by atoms with van der Waals surface area (Å²) >= 11 is 0. The van der Waals surface area contributed by atoms with Crippen molar-refractivity contribution in [1.29, 1.82) is 0 Å². The Hall–Kier alpha value is -3.13. The molecule has 0 bridgehead atoms. The number of hydrogen-bond donors (Lipinski definition) is 4. The fraction of sp³-hybridized carbons (Fsp3) is 0.381. The molecule has 2 atom stereocenters. The molecule has 0 spiro atoms. The molecule has 8 heteroatoms. The normalized spacial score (nSPS) is 13.1. The zero-order chi connectivity index (χ0) is 21.6. The van der Waals surface area contributed by atoms with E-state index < -0.39 is 36.7 Å². The van der Waals surface area contributed by atoms with Crippen molar-refractivity contribution in [2.24, 2.45) is 5.92 Å². The number of carbonyl (C=O) groups excluding carboxylic acids is 1. The highest BCUT2D eigenvalue weighted by molar-refractivity contribution is 5.88. The molecule has 0 fully saturated rings. The molecule has 2 amide bonds. The predicted octanol–water partition coefficient (Wildman–Crippen LogP) is 1.95. The van der Waals surface area contributed by atoms with Crippen molar-refractivity contribution in [1.82, 2.24) is 10.2 Å². The fourth-order valence-corrected chi connectivity index (χ4v) is 3.10. The maximum absolute atomic E-state index is 12.7. The van der Waals surface area contributed by atoms with Gasteiger partial charge in [0, 0.05) is 13.0 Å². The smallest absolute Gasteiger partial charge is 0.334 e. The van der Waals surface area contributed by atoms with Gasteiger partial charge in [0.2, 0.25) is 0 Å². The van der Waals surface area contributed by atoms with E-state index >= 15 is 0 Å². The van der Waals surface area contributed by atoms with Gasteiger partial charge >= 0.3 is 18.0 Å². The zero-order valence-corrected chi connectivity index (χ0v) is 16.4. The molecule has 156 valence electrons. The largest absolute Gasteiger partial charge is 0.480 e. The predicted molar refractivity (Wildman–Crippen MR) is 108 cm³/mol. The zero-order valence-electron chi connectivity index (χ0n) is 16.4. The van der Waals surface area contributed by atoms with Crippen molar-refractivity contribution >= 4 is 28.7 Å². The molecule has 0 unspecified atom stereocenters. The van der Waals surface area contributed by atoms with Crippen LogP contribution in [0.2, 0.25) is 0 Å². The van der Waals surface area contributed by atoms with Crippen molar-refractivity contribution in [3.8, 4) is 0 Å². The minimum Gasteiger partial charge on any atom is -0.480 e. The van der Waals surface area contributed by atoms with Crippen LogP contribution in [0.1, 0.15) is 19.4 Å². The molecule has 0 aliphatic heterocycles. The van der Waals surface area contributed by atoms with Crippen LogP contribution < -0.4 is 5.32 Å². The second kappa shape index (κ2) is 9.88. The third kappa shape index (κ3) is 6.18. The number of rotatable bonds is 9. The topological polar surface area (TPSA) is 127 Å². The number of amides is 2. The highest BCUT2D eigenvalue weighted by Gasteiger charge is 2.27. The molecule has 4 N–H and O–H groups in total. The Kier molecular flexibility index (Phi) is 7.55. The third-order valence-corrected chi connectivity index (χ3v) is 4.45. The van der Waals surface area contributed by atoms with Crippen molar-refractivity contribution in [2.75, 3.05) is 13.1 Å². The quantitative estimate of drug-likeness (QED) is 0.508. The van der Waals surface area contributed by atoms with Crippen LogP contribution in [-0.4, -0.2) is 63.4 Å². The Labute approximate surface area is 168 Å². The maximum atomic E-state index is 12.7. The van der Waals surface area contributed by atoms with Gasteiger partial charge in [-0.25, -0.2) is 14.4 Å². The van der Waals surface area contributed by atoms with Crippen LogP contribution >= 0.6 is 0 Å². The lowest BCUT2D eigenvalue weighted by Gasteiger charge is -2.27. The van der Waals surface area contributed by atoms with E-state index in [9.17, 15) is 24.6 Å². The van der Waals surface area contributed by atoms with Gasteiger partial charge in [0.25, 0.3) is 0 Å². The van der Waals surface area contributed by atoms with E-state index in [0.29, 0.717) is 0 Å². The molecular formula is C21H26N2O6. The van der Waals surface area contributed by atoms with E-state index in [1.807, 2.05) is 56.3 Å². The van der Waals surface area contributed by atoms with Crippen molar-refractivity contribution in [3.63, 3.8) is 0 Å². The van der Waals surface area contributed by atoms with Crippen LogP contribution in [0.5, 0.6) is 0 Å². The van der Waals surface area contributed by atoms with E-state index in [-0.39, 0.29) is 18.9 Å². The number of benzene rings is 2. The molecule has 2 aromatic rings. The number of nitrogens with zero attached hydrogens (tertiary/aromatic N) is 1. The molecule has 0 aliphatic carbocycles. The average molecular weight is 402 g/mol. The second-order valence-corrected chi connectivity index (χ2v) is 7.34. The minimum absolute atomic E-state index is 0.00286. The van der Waals surface area contributed by atoms with Gasteiger partial charge in [0.15, 0.2) is 6.10 Å². The molecule has 0 aromatic heterocycles. The lowest BCUT2D eigenvalue weighted by atomic mass is 9.99. The number of carboxylic acids is 2. The van der Waals surface area contributed by atoms with Crippen LogP contribution in [0.15, 0.2) is 42.5 Å². The maximum Gasteiger partial charge on any atom is 0.334 e. The van der Waals surface area contributed by atoms with Gasteiger partial charge < -0.3 is 25.5 Å². The summed E-state index contributed by atoms with van der Waals surface area (Å²) in [5.41, 5.74) is 0.775. The average Bonchev–Trinajstić information content (AvgIpc) is 2.66. The summed E-state index contributed by atoms with van der Waals surface area (Å²) < 4.78 is 0. The summed E-state index contributed by atoms with van der Waals surface area (Å²) in [5.74, 6) is -2.64. The van der Waals surface area contributed by atoms with E-state index in [4.69, 9.17) is 5.11 Å². The van der Waals surface area contributed by atoms with Gasteiger partial charge in [0.1, 0.15) is 6.04 Å². The summed E-state index contributed by atoms with van der Waals surface area (Å²) in [6.07, 6.45) is -1.68. The summed E-state index contributed by atoms with van der Waals surface area (Å²) in [7, 11) is 0. The number of hydrogen-bond acceptors (Lipinski definition) is 4. The van der Waals surface area contributed by atoms with Gasteiger partial charge in [-0.05, 0) is 22.3 Å². The third-order valence-electron chi connectivity index (χ3n) is 4.45. The van der Waals surface area contributed by atoms with Crippen LogP contribution in [0.25, 0.3) is 10.8 Å². The molecule has 2 rings (SSSR count). The first kappa shape index (κ1) is 22.2. The Morgan fingerprint density at radius 3 is 2.24 bits per heavy atom. The van der Waals surface area contributed by atoms with Crippen molar-refractivity contribution < 1.29 is 29.7 Å². The first-order valence-electron chi connectivity index (χ1n) is 9.34. The first-order chi connectivity index (χ1) is 13.7. The lowest BCUT2D eigenvalue weighted by Crippen LogP contribution is -2.52. The van der Waals surface area contributed by atoms with E-state index in [0.717, 1.165) is 21.2 Å². The summed E-state index contributed by atoms with van der Waals surface area (Å²) in [5, 5.41) is 32.5. The lowest BCUT2D eigenvalue weighted by molar-refractivity contribution is -0.147. The number of carboxylic acid groups (broad SMARTS) is 2. The fourth-order valence-electron chi connectivity index (χ4n) is 3.10. The van der Waals surface area contributed by atoms with Crippen LogP contribution in [0.4, 0.5) is 4.79 Å². The number of urea groups is 1. The van der Waals surface area contributed by atoms with Gasteiger partial charge in [-0.1, -0.05) is 56.3 Å². The number of aliphatic hydroxyl groups excluding tert-OH is 1. The Bertz CT molecular complexity index is 877. The monoisotopic (exact) mass is 402 g/mol. The standard InChI is InChI=1S/C21H26N2O6/c1-13(2)11-23(12-18(24)20(27)28)21(29)22-17(19(25)26)10-15-8-5-7-14-6-3-4-9-16(14)15/h3-9,13,17-18,24H,10-12H2,1-2H3,(H,22,29)(H,25,26)(H,27,28)/t17-,18+/m1/s1. The van der Waals surface area contributed by atoms with Crippen molar-refractivity contribution in [3.05, 3.63) is 48.0 Å². The molecule has 29 heavy (non-hydrogen) atoms. The number of aliphatic hydroxyl groups is 1. The number of fused-ring (bicyclic) bond motifs is 1. The van der Waals surface area contributed by atoms with Crippen molar-refractivity contribution in [2.45, 2.75) is 32.4 Å². The van der Waals surface area contributed by atoms with Gasteiger partial charge in [0.05, 0.1) is 6.54 Å². The van der Waals surface area contributed by atoms with E-state index in [1.165, 1.54) is 0 Å². The SMILES string of the molecule is CC(C)CN(C[C@H](O)C(=O)O)C(=O)N[C@H](Cc1cccc2ccccc12)C(=O)O. The molecule has 8 nitrogen and oxygen atoms in total. The Morgan fingerprint density at radius 1 is 0.966 bits per heavy atom. The van der Waals surface area contributed by atoms with Gasteiger partial charge in [-0.3, -0.25) is 0 Å². The molecule has 0 aliphatic rings. The summed E-state index contributed by atoms with van der Waals surface area (Å²) in [6, 6.07) is 11.2. The number of carbonyl (C=O) groups is 3. The summed E-state index contributed by atoms with van der Waals surface area (Å²) in [6.45, 7) is 3.41. The summed E-state index contributed by atoms with van der Waals surface area (Å²) in [4.78, 5) is 36.5. The Morgan fingerprint density at radius 2 is 1.62 bits per heavy atom. The second-order valence-electron chi connectivity index (χ2n) is 7.34. The molecule has 0 radical (unpaired) electrons. The number of nitrogens with one attached hydrogen (secondary N) is 1. The molecular weight excluding hydrogens is 376 g/mol. The van der Waals surface area contributed by atoms with Gasteiger partial charge in [-0.2, -0.15) is 0 Å². The van der Waals surface area contributed by atoms with Gasteiger partial charge in [-0.15, -0.1) is 0 Å². The number of aliphatic carboxylic acids is 2. The first-order valence-corrected chi connectivity index (χ1v) is 9.34. The molecule has 0 heterocycles. The highest BCUT2D eigenvalue weighted by atomic mass is 16.4. The van der Waals surface area contributed by atoms with Crippen LogP contribution in [0, 0.1) is 5.92 Å². The molecule has 0 saturated heterocycles. The minimum atomic E-state index is -1.75. The van der Waals surface area contributed by atoms with Crippen LogP contribution in [-0.2, 0) is 16.0 Å². The van der Waals surface area contributed by atoms with E-state index in [2.05, 4.69) is 5.32 Å². The molecule has 0 saturated carbocycles. The highest BCUT2D eigenvalue weighted by Crippen LogP contribution is 2.20. The van der Waals surface area contributed by atoms with E-state index in [1.54, 1.807) is 0 Å². The molecule has 2 aromatic carbocycles.